The van der Waals surface area contributed by atoms with E-state index in [0.717, 1.165) is 19.6 Å². The first-order valence-corrected chi connectivity index (χ1v) is 7.85. The number of aryl methyl sites for hydroxylation is 1. The molecule has 2 nitrogen and oxygen atoms in total. The van der Waals surface area contributed by atoms with E-state index in [-0.39, 0.29) is 0 Å². The molecule has 0 aromatic carbocycles. The van der Waals surface area contributed by atoms with Gasteiger partial charge in [-0.1, -0.05) is 6.92 Å². The lowest BCUT2D eigenvalue weighted by molar-refractivity contribution is 0.0959. The van der Waals surface area contributed by atoms with Crippen LogP contribution in [-0.4, -0.2) is 19.3 Å². The highest BCUT2D eigenvalue weighted by molar-refractivity contribution is 9.11. The first kappa shape index (κ1) is 13.5. The summed E-state index contributed by atoms with van der Waals surface area (Å²) in [5.41, 5.74) is 1.33. The second kappa shape index (κ2) is 5.83. The molecule has 0 aliphatic carbocycles. The molecule has 4 heteroatoms. The fraction of sp³-hybridized carbons (Fsp3) is 0.692. The van der Waals surface area contributed by atoms with Gasteiger partial charge in [-0.2, -0.15) is 0 Å². The number of nitrogens with one attached hydrogen (secondary N) is 1. The molecule has 1 N–H and O–H groups in total. The van der Waals surface area contributed by atoms with Gasteiger partial charge in [-0.25, -0.2) is 0 Å². The third kappa shape index (κ3) is 2.92. The third-order valence-electron chi connectivity index (χ3n) is 3.47. The number of hydrogen-bond donors (Lipinski definition) is 1. The predicted molar refractivity (Wildman–Crippen MR) is 76.7 cm³/mol. The molecule has 1 aromatic heterocycles. The van der Waals surface area contributed by atoms with Crippen LogP contribution in [0.1, 0.15) is 36.8 Å². The van der Waals surface area contributed by atoms with Gasteiger partial charge in [0.15, 0.2) is 0 Å². The minimum absolute atomic E-state index is 0.361. The van der Waals surface area contributed by atoms with Crippen LogP contribution < -0.4 is 5.32 Å². The lowest BCUT2D eigenvalue weighted by Gasteiger charge is -2.25. The molecule has 96 valence electrons. The Morgan fingerprint density at radius 1 is 1.65 bits per heavy atom. The van der Waals surface area contributed by atoms with E-state index < -0.39 is 0 Å². The fourth-order valence-corrected chi connectivity index (χ4v) is 4.23. The van der Waals surface area contributed by atoms with Gasteiger partial charge in [-0.15, -0.1) is 11.3 Å². The maximum absolute atomic E-state index is 5.70. The van der Waals surface area contributed by atoms with E-state index in [4.69, 9.17) is 4.74 Å². The molecule has 3 unspecified atom stereocenters. The van der Waals surface area contributed by atoms with Gasteiger partial charge in [0, 0.05) is 23.4 Å². The van der Waals surface area contributed by atoms with E-state index in [2.05, 4.69) is 48.1 Å². The van der Waals surface area contributed by atoms with Gasteiger partial charge >= 0.3 is 0 Å². The summed E-state index contributed by atoms with van der Waals surface area (Å²) in [4.78, 5) is 1.43. The summed E-state index contributed by atoms with van der Waals surface area (Å²) in [6, 6.07) is 2.74. The molecular weight excluding hydrogens is 298 g/mol. The van der Waals surface area contributed by atoms with E-state index in [1.54, 1.807) is 0 Å². The van der Waals surface area contributed by atoms with Crippen LogP contribution >= 0.6 is 27.3 Å². The van der Waals surface area contributed by atoms with Crippen LogP contribution in [0.2, 0.25) is 0 Å². The van der Waals surface area contributed by atoms with Crippen molar-refractivity contribution in [3.8, 4) is 0 Å². The number of thiophene rings is 1. The molecule has 17 heavy (non-hydrogen) atoms. The Morgan fingerprint density at radius 2 is 2.41 bits per heavy atom. The molecule has 2 heterocycles. The number of ether oxygens (including phenoxy) is 1. The van der Waals surface area contributed by atoms with Gasteiger partial charge in [0.2, 0.25) is 0 Å². The predicted octanol–water partition coefficient (Wildman–Crippen LogP) is 3.89. The van der Waals surface area contributed by atoms with Crippen LogP contribution in [0.4, 0.5) is 0 Å². The molecule has 0 amide bonds. The zero-order valence-corrected chi connectivity index (χ0v) is 13.0. The summed E-state index contributed by atoms with van der Waals surface area (Å²) in [6.45, 7) is 8.42. The molecule has 2 rings (SSSR count). The molecule has 0 spiro atoms. The van der Waals surface area contributed by atoms with Gasteiger partial charge in [-0.05, 0) is 54.4 Å². The fourth-order valence-electron chi connectivity index (χ4n) is 2.51. The lowest BCUT2D eigenvalue weighted by Crippen LogP contribution is -2.31. The van der Waals surface area contributed by atoms with Crippen molar-refractivity contribution in [1.29, 1.82) is 0 Å². The maximum atomic E-state index is 5.70. The summed E-state index contributed by atoms with van der Waals surface area (Å²) in [6.07, 6.45) is 1.52. The summed E-state index contributed by atoms with van der Waals surface area (Å²) in [5, 5.41) is 3.62. The number of hydrogen-bond acceptors (Lipinski definition) is 3. The Bertz CT molecular complexity index is 360. The van der Waals surface area contributed by atoms with Crippen molar-refractivity contribution in [2.24, 2.45) is 5.92 Å². The third-order valence-corrected chi connectivity index (χ3v) is 5.69. The van der Waals surface area contributed by atoms with Crippen LogP contribution in [0.5, 0.6) is 0 Å². The smallest absolute Gasteiger partial charge is 0.0731 e. The summed E-state index contributed by atoms with van der Waals surface area (Å²) in [7, 11) is 0. The van der Waals surface area contributed by atoms with Crippen LogP contribution in [0, 0.1) is 12.8 Å². The van der Waals surface area contributed by atoms with Gasteiger partial charge in [0.05, 0.1) is 9.89 Å². The molecule has 1 saturated heterocycles. The minimum Gasteiger partial charge on any atom is -0.378 e. The normalized spacial score (nSPS) is 26.4. The van der Waals surface area contributed by atoms with Gasteiger partial charge in [0.1, 0.15) is 0 Å². The molecule has 0 radical (unpaired) electrons. The van der Waals surface area contributed by atoms with Crippen LogP contribution in [0.3, 0.4) is 0 Å². The Hall–Kier alpha value is 0.1000. The van der Waals surface area contributed by atoms with Crippen LogP contribution in [-0.2, 0) is 4.74 Å². The first-order valence-electron chi connectivity index (χ1n) is 6.24. The standard InChI is InChI=1S/C13H20BrNOS/c1-4-15-12(10-5-6-16-9(10)3)11-7-8(2)13(14)17-11/h7,9-10,12,15H,4-6H2,1-3H3. The summed E-state index contributed by atoms with van der Waals surface area (Å²) >= 11 is 5.47. The van der Waals surface area contributed by atoms with Crippen molar-refractivity contribution < 1.29 is 4.74 Å². The SMILES string of the molecule is CCNC(c1cc(C)c(Br)s1)C1CCOC1C. The molecular formula is C13H20BrNOS. The molecule has 1 aliphatic heterocycles. The van der Waals surface area contributed by atoms with E-state index in [9.17, 15) is 0 Å². The zero-order valence-electron chi connectivity index (χ0n) is 10.6. The van der Waals surface area contributed by atoms with Gasteiger partial charge < -0.3 is 10.1 Å². The number of rotatable bonds is 4. The molecule has 1 fully saturated rings. The van der Waals surface area contributed by atoms with Crippen LogP contribution in [0.15, 0.2) is 9.85 Å². The average Bonchev–Trinajstić information content (AvgIpc) is 2.83. The van der Waals surface area contributed by atoms with Crippen molar-refractivity contribution in [2.45, 2.75) is 39.3 Å². The van der Waals surface area contributed by atoms with E-state index >= 15 is 0 Å². The Kier molecular flexibility index (Phi) is 4.64. The van der Waals surface area contributed by atoms with E-state index in [1.165, 1.54) is 14.2 Å². The second-order valence-electron chi connectivity index (χ2n) is 4.67. The summed E-state index contributed by atoms with van der Waals surface area (Å²) < 4.78 is 6.96. The van der Waals surface area contributed by atoms with E-state index in [1.807, 2.05) is 11.3 Å². The van der Waals surface area contributed by atoms with Crippen molar-refractivity contribution in [3.63, 3.8) is 0 Å². The highest BCUT2D eigenvalue weighted by Gasteiger charge is 2.33. The van der Waals surface area contributed by atoms with Crippen molar-refractivity contribution >= 4 is 27.3 Å². The summed E-state index contributed by atoms with van der Waals surface area (Å²) in [5.74, 6) is 0.597. The molecule has 3 atom stereocenters. The highest BCUT2D eigenvalue weighted by atomic mass is 79.9. The van der Waals surface area contributed by atoms with Gasteiger partial charge in [-0.3, -0.25) is 0 Å². The largest absolute Gasteiger partial charge is 0.378 e. The molecule has 1 aromatic rings. The molecule has 1 aliphatic rings. The van der Waals surface area contributed by atoms with Crippen LogP contribution in [0.25, 0.3) is 0 Å². The molecule has 0 bridgehead atoms. The Balaban J connectivity index is 2.21. The quantitative estimate of drug-likeness (QED) is 0.909. The Labute approximate surface area is 116 Å². The minimum atomic E-state index is 0.361. The lowest BCUT2D eigenvalue weighted by atomic mass is 9.92. The van der Waals surface area contributed by atoms with E-state index in [0.29, 0.717) is 18.1 Å². The average molecular weight is 318 g/mol. The van der Waals surface area contributed by atoms with Crippen molar-refractivity contribution in [2.75, 3.05) is 13.2 Å². The monoisotopic (exact) mass is 317 g/mol. The number of halogens is 1. The highest BCUT2D eigenvalue weighted by Crippen LogP contribution is 2.39. The maximum Gasteiger partial charge on any atom is 0.0731 e. The van der Waals surface area contributed by atoms with Gasteiger partial charge in [0.25, 0.3) is 0 Å². The zero-order chi connectivity index (χ0) is 12.4. The first-order chi connectivity index (χ1) is 8.13. The van der Waals surface area contributed by atoms with Crippen molar-refractivity contribution in [1.82, 2.24) is 5.32 Å². The Morgan fingerprint density at radius 3 is 2.88 bits per heavy atom. The topological polar surface area (TPSA) is 21.3 Å². The second-order valence-corrected chi connectivity index (χ2v) is 7.07. The van der Waals surface area contributed by atoms with Crippen molar-refractivity contribution in [3.05, 3.63) is 20.3 Å². The molecule has 0 saturated carbocycles.